The Hall–Kier alpha value is -2.71. The molecule has 1 unspecified atom stereocenters. The Bertz CT molecular complexity index is 1020. The van der Waals surface area contributed by atoms with E-state index in [9.17, 15) is 0 Å². The molecule has 30 heavy (non-hydrogen) atoms. The molecular formula is C22H30N6OS. The van der Waals surface area contributed by atoms with Crippen LogP contribution in [0, 0.1) is 0 Å². The summed E-state index contributed by atoms with van der Waals surface area (Å²) < 4.78 is 5.36. The van der Waals surface area contributed by atoms with E-state index in [0.29, 0.717) is 13.1 Å². The molecule has 0 saturated heterocycles. The number of rotatable bonds is 7. The average Bonchev–Trinajstić information content (AvgIpc) is 3.21. The maximum absolute atomic E-state index is 5.36. The van der Waals surface area contributed by atoms with Crippen LogP contribution in [0.3, 0.4) is 0 Å². The average molecular weight is 427 g/mol. The standard InChI is InChI=1S/C22H30N6OS/c1-15(29-6)21-25-17(14-30-21)13-28(5)22(23-2)24-12-16-11-20(27(3)4)26-19-10-8-7-9-18(16)19/h7-11,14-15H,12-13H2,1-6H3,(H,23,24). The molecule has 0 fully saturated rings. The highest BCUT2D eigenvalue weighted by atomic mass is 32.1. The molecule has 2 aromatic heterocycles. The van der Waals surface area contributed by atoms with Gasteiger partial charge in [-0.3, -0.25) is 4.99 Å². The molecule has 1 aromatic carbocycles. The number of benzene rings is 1. The molecule has 0 aliphatic carbocycles. The second-order valence-electron chi connectivity index (χ2n) is 7.36. The maximum atomic E-state index is 5.36. The molecule has 0 aliphatic heterocycles. The lowest BCUT2D eigenvalue weighted by Crippen LogP contribution is -2.38. The first-order chi connectivity index (χ1) is 14.4. The minimum Gasteiger partial charge on any atom is -0.375 e. The van der Waals surface area contributed by atoms with Gasteiger partial charge < -0.3 is 19.9 Å². The zero-order valence-corrected chi connectivity index (χ0v) is 19.3. The van der Waals surface area contributed by atoms with Crippen LogP contribution in [0.4, 0.5) is 5.82 Å². The molecule has 7 nitrogen and oxygen atoms in total. The van der Waals surface area contributed by atoms with E-state index in [4.69, 9.17) is 9.72 Å². The van der Waals surface area contributed by atoms with Crippen molar-refractivity contribution in [1.29, 1.82) is 0 Å². The fraction of sp³-hybridized carbons (Fsp3) is 0.409. The predicted molar refractivity (Wildman–Crippen MR) is 125 cm³/mol. The first-order valence-corrected chi connectivity index (χ1v) is 10.8. The number of aromatic nitrogens is 2. The molecule has 0 saturated carbocycles. The lowest BCUT2D eigenvalue weighted by atomic mass is 10.1. The Kier molecular flexibility index (Phi) is 7.23. The number of para-hydroxylation sites is 1. The van der Waals surface area contributed by atoms with Gasteiger partial charge in [0, 0.05) is 52.6 Å². The minimum absolute atomic E-state index is 0.0114. The number of fused-ring (bicyclic) bond motifs is 1. The third-order valence-corrected chi connectivity index (χ3v) is 5.98. The van der Waals surface area contributed by atoms with Crippen molar-refractivity contribution in [3.05, 3.63) is 52.0 Å². The zero-order valence-electron chi connectivity index (χ0n) is 18.5. The number of nitrogens with one attached hydrogen (secondary N) is 1. The van der Waals surface area contributed by atoms with Crippen molar-refractivity contribution in [3.8, 4) is 0 Å². The minimum atomic E-state index is 0.0114. The third kappa shape index (κ3) is 5.06. The first kappa shape index (κ1) is 22.0. The van der Waals surface area contributed by atoms with E-state index >= 15 is 0 Å². The number of hydrogen-bond donors (Lipinski definition) is 1. The molecular weight excluding hydrogens is 396 g/mol. The largest absolute Gasteiger partial charge is 0.375 e. The number of guanidine groups is 1. The molecule has 0 amide bonds. The summed E-state index contributed by atoms with van der Waals surface area (Å²) >= 11 is 1.62. The molecule has 2 heterocycles. The summed E-state index contributed by atoms with van der Waals surface area (Å²) in [6.07, 6.45) is 0.0114. The van der Waals surface area contributed by atoms with E-state index in [1.54, 1.807) is 25.5 Å². The molecule has 1 N–H and O–H groups in total. The Labute approximate surface area is 182 Å². The van der Waals surface area contributed by atoms with Crippen LogP contribution in [0.1, 0.15) is 29.3 Å². The van der Waals surface area contributed by atoms with Gasteiger partial charge in [-0.25, -0.2) is 9.97 Å². The Morgan fingerprint density at radius 1 is 1.23 bits per heavy atom. The van der Waals surface area contributed by atoms with Crippen molar-refractivity contribution in [2.75, 3.05) is 40.2 Å². The van der Waals surface area contributed by atoms with E-state index in [0.717, 1.165) is 33.4 Å². The van der Waals surface area contributed by atoms with Gasteiger partial charge in [0.2, 0.25) is 0 Å². The van der Waals surface area contributed by atoms with Gasteiger partial charge in [-0.15, -0.1) is 11.3 Å². The van der Waals surface area contributed by atoms with E-state index in [2.05, 4.69) is 37.7 Å². The summed E-state index contributed by atoms with van der Waals surface area (Å²) in [6, 6.07) is 10.4. The second-order valence-corrected chi connectivity index (χ2v) is 8.25. The van der Waals surface area contributed by atoms with Crippen molar-refractivity contribution in [2.24, 2.45) is 4.99 Å². The quantitative estimate of drug-likeness (QED) is 0.459. The number of nitrogens with zero attached hydrogens (tertiary/aromatic N) is 5. The normalized spacial score (nSPS) is 12.8. The number of anilines is 1. The highest BCUT2D eigenvalue weighted by Gasteiger charge is 2.14. The Balaban J connectivity index is 1.73. The molecule has 0 bridgehead atoms. The van der Waals surface area contributed by atoms with Crippen LogP contribution in [0.25, 0.3) is 10.9 Å². The molecule has 1 atom stereocenters. The van der Waals surface area contributed by atoms with Crippen LogP contribution < -0.4 is 10.2 Å². The van der Waals surface area contributed by atoms with Crippen molar-refractivity contribution in [2.45, 2.75) is 26.1 Å². The van der Waals surface area contributed by atoms with Gasteiger partial charge in [0.1, 0.15) is 16.9 Å². The molecule has 0 radical (unpaired) electrons. The SMILES string of the molecule is CN=C(NCc1cc(N(C)C)nc2ccccc12)N(C)Cc1csc(C(C)OC)n1. The molecule has 160 valence electrons. The van der Waals surface area contributed by atoms with Crippen molar-refractivity contribution in [1.82, 2.24) is 20.2 Å². The molecule has 3 aromatic rings. The number of methoxy groups -OCH3 is 1. The van der Waals surface area contributed by atoms with Gasteiger partial charge in [0.25, 0.3) is 0 Å². The van der Waals surface area contributed by atoms with Gasteiger partial charge in [0.05, 0.1) is 17.8 Å². The number of thiazole rings is 1. The summed E-state index contributed by atoms with van der Waals surface area (Å²) in [5, 5.41) is 7.70. The van der Waals surface area contributed by atoms with E-state index in [1.165, 1.54) is 5.56 Å². The van der Waals surface area contributed by atoms with Crippen LogP contribution in [0.5, 0.6) is 0 Å². The van der Waals surface area contributed by atoms with Gasteiger partial charge in [0.15, 0.2) is 5.96 Å². The zero-order chi connectivity index (χ0) is 21.7. The van der Waals surface area contributed by atoms with Crippen LogP contribution in [-0.4, -0.2) is 56.1 Å². The summed E-state index contributed by atoms with van der Waals surface area (Å²) in [4.78, 5) is 18.0. The Morgan fingerprint density at radius 3 is 2.70 bits per heavy atom. The monoisotopic (exact) mass is 426 g/mol. The topological polar surface area (TPSA) is 65.9 Å². The molecule has 3 rings (SSSR count). The van der Waals surface area contributed by atoms with Crippen molar-refractivity contribution < 1.29 is 4.74 Å². The van der Waals surface area contributed by atoms with Crippen LogP contribution in [0.2, 0.25) is 0 Å². The lowest BCUT2D eigenvalue weighted by Gasteiger charge is -2.22. The van der Waals surface area contributed by atoms with Gasteiger partial charge in [-0.2, -0.15) is 0 Å². The predicted octanol–water partition coefficient (Wildman–Crippen LogP) is 3.67. The summed E-state index contributed by atoms with van der Waals surface area (Å²) in [6.45, 7) is 3.34. The van der Waals surface area contributed by atoms with Crippen LogP contribution in [0.15, 0.2) is 40.7 Å². The van der Waals surface area contributed by atoms with Crippen LogP contribution >= 0.6 is 11.3 Å². The summed E-state index contributed by atoms with van der Waals surface area (Å²) in [5.74, 6) is 1.76. The van der Waals surface area contributed by atoms with Gasteiger partial charge in [-0.05, 0) is 24.6 Å². The summed E-state index contributed by atoms with van der Waals surface area (Å²) in [7, 11) is 9.54. The van der Waals surface area contributed by atoms with Crippen LogP contribution in [-0.2, 0) is 17.8 Å². The van der Waals surface area contributed by atoms with Crippen molar-refractivity contribution >= 4 is 34.0 Å². The highest BCUT2D eigenvalue weighted by molar-refractivity contribution is 7.09. The van der Waals surface area contributed by atoms with Gasteiger partial charge >= 0.3 is 0 Å². The smallest absolute Gasteiger partial charge is 0.194 e. The number of aliphatic imine (C=N–C) groups is 1. The fourth-order valence-corrected chi connectivity index (χ4v) is 4.01. The molecule has 8 heteroatoms. The van der Waals surface area contributed by atoms with E-state index in [-0.39, 0.29) is 6.10 Å². The van der Waals surface area contributed by atoms with Gasteiger partial charge in [-0.1, -0.05) is 18.2 Å². The number of hydrogen-bond acceptors (Lipinski definition) is 6. The maximum Gasteiger partial charge on any atom is 0.194 e. The fourth-order valence-electron chi connectivity index (χ4n) is 3.17. The van der Waals surface area contributed by atoms with E-state index < -0.39 is 0 Å². The number of ether oxygens (including phenoxy) is 1. The Morgan fingerprint density at radius 2 is 2.00 bits per heavy atom. The number of pyridine rings is 1. The lowest BCUT2D eigenvalue weighted by molar-refractivity contribution is 0.119. The van der Waals surface area contributed by atoms with Crippen molar-refractivity contribution in [3.63, 3.8) is 0 Å². The van der Waals surface area contributed by atoms with E-state index in [1.807, 2.05) is 51.2 Å². The molecule has 0 aliphatic rings. The summed E-state index contributed by atoms with van der Waals surface area (Å²) in [5.41, 5.74) is 3.18. The third-order valence-electron chi connectivity index (χ3n) is 4.93. The highest BCUT2D eigenvalue weighted by Crippen LogP contribution is 2.23. The first-order valence-electron chi connectivity index (χ1n) is 9.87. The second kappa shape index (κ2) is 9.86. The molecule has 0 spiro atoms.